The molecule has 0 N–H and O–H groups in total. The number of benzene rings is 1. The van der Waals surface area contributed by atoms with Gasteiger partial charge in [-0.1, -0.05) is 44.0 Å². The van der Waals surface area contributed by atoms with E-state index in [4.69, 9.17) is 23.2 Å². The van der Waals surface area contributed by atoms with E-state index in [2.05, 4.69) is 10.1 Å². The SMILES string of the molecule is CC(C)(C)C(=O)C=C(c1ccc(Cl)cc1Cl)n1cncn1. The van der Waals surface area contributed by atoms with Crippen LogP contribution in [0.2, 0.25) is 10.0 Å². The summed E-state index contributed by atoms with van der Waals surface area (Å²) < 4.78 is 1.51. The molecule has 1 heterocycles. The van der Waals surface area contributed by atoms with Crippen molar-refractivity contribution in [1.29, 1.82) is 0 Å². The summed E-state index contributed by atoms with van der Waals surface area (Å²) in [6, 6.07) is 5.11. The van der Waals surface area contributed by atoms with Crippen LogP contribution < -0.4 is 0 Å². The Morgan fingerprint density at radius 3 is 2.52 bits per heavy atom. The number of nitrogens with zero attached hydrogens (tertiary/aromatic N) is 3. The van der Waals surface area contributed by atoms with E-state index >= 15 is 0 Å². The summed E-state index contributed by atoms with van der Waals surface area (Å²) in [6.45, 7) is 5.57. The lowest BCUT2D eigenvalue weighted by atomic mass is 9.90. The number of halogens is 2. The zero-order valence-electron chi connectivity index (χ0n) is 12.0. The Balaban J connectivity index is 2.57. The number of ketones is 1. The normalized spacial score (nSPS) is 12.5. The van der Waals surface area contributed by atoms with Crippen LogP contribution in [0.4, 0.5) is 0 Å². The summed E-state index contributed by atoms with van der Waals surface area (Å²) in [5, 5.41) is 5.07. The molecule has 2 rings (SSSR count). The van der Waals surface area contributed by atoms with Crippen LogP contribution in [-0.4, -0.2) is 20.5 Å². The van der Waals surface area contributed by atoms with Crippen molar-refractivity contribution >= 4 is 34.7 Å². The number of aromatic nitrogens is 3. The van der Waals surface area contributed by atoms with Crippen LogP contribution in [0.5, 0.6) is 0 Å². The molecule has 0 amide bonds. The summed E-state index contributed by atoms with van der Waals surface area (Å²) in [6.07, 6.45) is 4.45. The highest BCUT2D eigenvalue weighted by atomic mass is 35.5. The standard InChI is InChI=1S/C15H15Cl2N3O/c1-15(2,3)14(21)7-13(20-9-18-8-19-20)11-5-4-10(16)6-12(11)17/h4-9H,1-3H3. The zero-order chi connectivity index (χ0) is 15.6. The Morgan fingerprint density at radius 1 is 1.29 bits per heavy atom. The van der Waals surface area contributed by atoms with Gasteiger partial charge in [-0.05, 0) is 18.2 Å². The first-order valence-corrected chi connectivity index (χ1v) is 7.11. The molecule has 1 aromatic heterocycles. The Bertz CT molecular complexity index is 685. The van der Waals surface area contributed by atoms with Crippen LogP contribution in [-0.2, 0) is 4.79 Å². The molecule has 0 saturated heterocycles. The highest BCUT2D eigenvalue weighted by molar-refractivity contribution is 6.35. The zero-order valence-corrected chi connectivity index (χ0v) is 13.5. The summed E-state index contributed by atoms with van der Waals surface area (Å²) in [5.74, 6) is -0.0287. The fourth-order valence-corrected chi connectivity index (χ4v) is 2.14. The number of hydrogen-bond acceptors (Lipinski definition) is 3. The lowest BCUT2D eigenvalue weighted by Crippen LogP contribution is -2.19. The molecular weight excluding hydrogens is 309 g/mol. The number of hydrogen-bond donors (Lipinski definition) is 0. The summed E-state index contributed by atoms with van der Waals surface area (Å²) in [7, 11) is 0. The van der Waals surface area contributed by atoms with Gasteiger partial charge in [-0.3, -0.25) is 4.79 Å². The molecule has 0 aliphatic carbocycles. The van der Waals surface area contributed by atoms with E-state index in [1.165, 1.54) is 23.4 Å². The van der Waals surface area contributed by atoms with Crippen LogP contribution in [0.15, 0.2) is 36.9 Å². The molecule has 4 nitrogen and oxygen atoms in total. The van der Waals surface area contributed by atoms with Gasteiger partial charge in [0.25, 0.3) is 0 Å². The molecule has 0 spiro atoms. The van der Waals surface area contributed by atoms with Gasteiger partial charge in [-0.25, -0.2) is 9.67 Å². The van der Waals surface area contributed by atoms with Gasteiger partial charge in [0, 0.05) is 22.1 Å². The maximum absolute atomic E-state index is 12.3. The van der Waals surface area contributed by atoms with E-state index in [1.54, 1.807) is 18.2 Å². The lowest BCUT2D eigenvalue weighted by molar-refractivity contribution is -0.121. The smallest absolute Gasteiger partial charge is 0.163 e. The van der Waals surface area contributed by atoms with E-state index in [0.29, 0.717) is 21.3 Å². The molecule has 0 aliphatic rings. The first kappa shape index (κ1) is 15.7. The first-order valence-electron chi connectivity index (χ1n) is 6.35. The number of carbonyl (C=O) groups is 1. The second kappa shape index (κ2) is 6.00. The van der Waals surface area contributed by atoms with E-state index in [-0.39, 0.29) is 5.78 Å². The van der Waals surface area contributed by atoms with Crippen LogP contribution in [0.3, 0.4) is 0 Å². The minimum absolute atomic E-state index is 0.0287. The van der Waals surface area contributed by atoms with Gasteiger partial charge < -0.3 is 0 Å². The Kier molecular flexibility index (Phi) is 4.49. The summed E-state index contributed by atoms with van der Waals surface area (Å²) in [4.78, 5) is 16.2. The maximum Gasteiger partial charge on any atom is 0.163 e. The van der Waals surface area contributed by atoms with Crippen LogP contribution >= 0.6 is 23.2 Å². The molecule has 0 bridgehead atoms. The van der Waals surface area contributed by atoms with Crippen LogP contribution in [0, 0.1) is 5.41 Å². The van der Waals surface area contributed by atoms with Gasteiger partial charge in [-0.2, -0.15) is 5.10 Å². The average Bonchev–Trinajstić information content (AvgIpc) is 2.89. The number of rotatable bonds is 3. The molecule has 0 fully saturated rings. The first-order chi connectivity index (χ1) is 9.79. The van der Waals surface area contributed by atoms with Crippen molar-refractivity contribution in [3.63, 3.8) is 0 Å². The highest BCUT2D eigenvalue weighted by Crippen LogP contribution is 2.29. The van der Waals surface area contributed by atoms with Gasteiger partial charge in [0.2, 0.25) is 0 Å². The fourth-order valence-electron chi connectivity index (χ4n) is 1.64. The number of carbonyl (C=O) groups excluding carboxylic acids is 1. The van der Waals surface area contributed by atoms with Crippen molar-refractivity contribution in [3.8, 4) is 0 Å². The molecule has 0 unspecified atom stereocenters. The van der Waals surface area contributed by atoms with Gasteiger partial charge in [0.15, 0.2) is 5.78 Å². The fraction of sp³-hybridized carbons (Fsp3) is 0.267. The average molecular weight is 324 g/mol. The van der Waals surface area contributed by atoms with Crippen LogP contribution in [0.1, 0.15) is 26.3 Å². The van der Waals surface area contributed by atoms with Crippen LogP contribution in [0.25, 0.3) is 5.70 Å². The molecule has 110 valence electrons. The topological polar surface area (TPSA) is 47.8 Å². The summed E-state index contributed by atoms with van der Waals surface area (Å²) in [5.41, 5.74) is 0.739. The number of allylic oxidation sites excluding steroid dienone is 1. The van der Waals surface area contributed by atoms with E-state index in [9.17, 15) is 4.79 Å². The van der Waals surface area contributed by atoms with Crippen molar-refractivity contribution in [2.75, 3.05) is 0 Å². The molecule has 1 aromatic carbocycles. The molecule has 2 aromatic rings. The van der Waals surface area contributed by atoms with Crippen molar-refractivity contribution in [3.05, 3.63) is 52.5 Å². The minimum Gasteiger partial charge on any atom is -0.294 e. The predicted octanol–water partition coefficient (Wildman–Crippen LogP) is 4.09. The van der Waals surface area contributed by atoms with Gasteiger partial charge >= 0.3 is 0 Å². The molecule has 0 aliphatic heterocycles. The summed E-state index contributed by atoms with van der Waals surface area (Å²) >= 11 is 12.2. The third-order valence-corrected chi connectivity index (χ3v) is 3.43. The third-order valence-electron chi connectivity index (χ3n) is 2.88. The Labute approximate surface area is 133 Å². The van der Waals surface area contributed by atoms with Crippen molar-refractivity contribution < 1.29 is 4.79 Å². The third kappa shape index (κ3) is 3.71. The molecular formula is C15H15Cl2N3O. The van der Waals surface area contributed by atoms with E-state index in [1.807, 2.05) is 20.8 Å². The monoisotopic (exact) mass is 323 g/mol. The molecule has 6 heteroatoms. The quantitative estimate of drug-likeness (QED) is 0.799. The van der Waals surface area contributed by atoms with Gasteiger partial charge in [0.05, 0.1) is 10.7 Å². The van der Waals surface area contributed by atoms with E-state index < -0.39 is 5.41 Å². The van der Waals surface area contributed by atoms with Gasteiger partial charge in [0.1, 0.15) is 12.7 Å². The van der Waals surface area contributed by atoms with E-state index in [0.717, 1.165) is 0 Å². The van der Waals surface area contributed by atoms with Gasteiger partial charge in [-0.15, -0.1) is 0 Å². The Hall–Kier alpha value is -1.65. The molecule has 0 saturated carbocycles. The predicted molar refractivity (Wildman–Crippen MR) is 84.3 cm³/mol. The second-order valence-corrected chi connectivity index (χ2v) is 6.45. The maximum atomic E-state index is 12.3. The second-order valence-electron chi connectivity index (χ2n) is 5.61. The van der Waals surface area contributed by atoms with Crippen molar-refractivity contribution in [1.82, 2.24) is 14.8 Å². The Morgan fingerprint density at radius 2 is 2.00 bits per heavy atom. The largest absolute Gasteiger partial charge is 0.294 e. The molecule has 21 heavy (non-hydrogen) atoms. The highest BCUT2D eigenvalue weighted by Gasteiger charge is 2.21. The molecule has 0 radical (unpaired) electrons. The molecule has 0 atom stereocenters. The lowest BCUT2D eigenvalue weighted by Gasteiger charge is -2.16. The van der Waals surface area contributed by atoms with Crippen molar-refractivity contribution in [2.24, 2.45) is 5.41 Å². The van der Waals surface area contributed by atoms with Crippen molar-refractivity contribution in [2.45, 2.75) is 20.8 Å². The minimum atomic E-state index is -0.495.